The molecule has 0 amide bonds. The fourth-order valence-electron chi connectivity index (χ4n) is 2.75. The van der Waals surface area contributed by atoms with E-state index in [1.165, 1.54) is 12.1 Å². The second-order valence-corrected chi connectivity index (χ2v) is 7.66. The van der Waals surface area contributed by atoms with Crippen LogP contribution in [0.4, 0.5) is 5.69 Å². The number of unbranched alkanes of at least 4 members (excludes halogenated alkanes) is 1. The Hall–Kier alpha value is -1.60. The van der Waals surface area contributed by atoms with Crippen molar-refractivity contribution in [1.82, 2.24) is 4.72 Å². The Bertz CT molecular complexity index is 652. The lowest BCUT2D eigenvalue weighted by Gasteiger charge is -2.16. The third kappa shape index (κ3) is 4.68. The average Bonchev–Trinajstić information content (AvgIpc) is 3.00. The molecular weight excluding hydrogens is 316 g/mol. The highest BCUT2D eigenvalue weighted by molar-refractivity contribution is 7.89. The predicted molar refractivity (Wildman–Crippen MR) is 89.4 cm³/mol. The molecule has 1 fully saturated rings. The fourth-order valence-corrected chi connectivity index (χ4v) is 3.85. The van der Waals surface area contributed by atoms with Crippen LogP contribution in [-0.4, -0.2) is 32.1 Å². The van der Waals surface area contributed by atoms with Crippen LogP contribution < -0.4 is 10.0 Å². The molecular formula is C16H24N2O4S. The zero-order valence-corrected chi connectivity index (χ0v) is 14.2. The smallest absolute Gasteiger partial charge is 0.337 e. The topological polar surface area (TPSA) is 95.5 Å². The van der Waals surface area contributed by atoms with Gasteiger partial charge in [0, 0.05) is 18.3 Å². The van der Waals surface area contributed by atoms with E-state index < -0.39 is 16.0 Å². The third-order valence-corrected chi connectivity index (χ3v) is 5.53. The van der Waals surface area contributed by atoms with Crippen molar-refractivity contribution >= 4 is 21.7 Å². The Balaban J connectivity index is 2.22. The molecule has 0 unspecified atom stereocenters. The first-order valence-electron chi connectivity index (χ1n) is 8.07. The van der Waals surface area contributed by atoms with E-state index in [9.17, 15) is 18.3 Å². The number of hydrogen-bond donors (Lipinski definition) is 3. The molecule has 1 aliphatic rings. The molecule has 0 radical (unpaired) electrons. The van der Waals surface area contributed by atoms with E-state index in [1.54, 1.807) is 6.07 Å². The Morgan fingerprint density at radius 2 is 2.00 bits per heavy atom. The molecule has 1 saturated carbocycles. The molecule has 128 valence electrons. The normalized spacial score (nSPS) is 15.7. The Labute approximate surface area is 137 Å². The van der Waals surface area contributed by atoms with Crippen LogP contribution in [0.15, 0.2) is 23.1 Å². The van der Waals surface area contributed by atoms with Gasteiger partial charge in [0.15, 0.2) is 0 Å². The standard InChI is InChI=1S/C16H24N2O4S/c1-2-3-10-17-23(21,22)13-8-9-15(14(11-13)16(19)20)18-12-6-4-5-7-12/h8-9,11-12,17-18H,2-7,10H2,1H3,(H,19,20). The van der Waals surface area contributed by atoms with E-state index in [0.717, 1.165) is 38.5 Å². The molecule has 1 aromatic rings. The van der Waals surface area contributed by atoms with Gasteiger partial charge in [-0.3, -0.25) is 0 Å². The predicted octanol–water partition coefficient (Wildman–Crippen LogP) is 2.82. The van der Waals surface area contributed by atoms with Crippen LogP contribution in [0.1, 0.15) is 55.8 Å². The molecule has 0 spiro atoms. The molecule has 1 aromatic carbocycles. The minimum atomic E-state index is -3.67. The number of rotatable bonds is 8. The third-order valence-electron chi connectivity index (χ3n) is 4.07. The van der Waals surface area contributed by atoms with E-state index in [0.29, 0.717) is 12.2 Å². The first-order chi connectivity index (χ1) is 10.9. The van der Waals surface area contributed by atoms with Gasteiger partial charge in [-0.1, -0.05) is 26.2 Å². The summed E-state index contributed by atoms with van der Waals surface area (Å²) in [6.07, 6.45) is 5.91. The first-order valence-corrected chi connectivity index (χ1v) is 9.56. The molecule has 0 saturated heterocycles. The van der Waals surface area contributed by atoms with Crippen molar-refractivity contribution in [3.05, 3.63) is 23.8 Å². The number of hydrogen-bond acceptors (Lipinski definition) is 4. The maximum absolute atomic E-state index is 12.2. The Kier molecular flexibility index (Phi) is 6.01. The van der Waals surface area contributed by atoms with E-state index >= 15 is 0 Å². The summed E-state index contributed by atoms with van der Waals surface area (Å²) in [5, 5.41) is 12.6. The number of anilines is 1. The van der Waals surface area contributed by atoms with Gasteiger partial charge in [0.1, 0.15) is 0 Å². The van der Waals surface area contributed by atoms with Crippen molar-refractivity contribution in [3.8, 4) is 0 Å². The van der Waals surface area contributed by atoms with Gasteiger partial charge in [-0.05, 0) is 37.5 Å². The number of aromatic carboxylic acids is 1. The molecule has 0 aliphatic heterocycles. The summed E-state index contributed by atoms with van der Waals surface area (Å²) in [4.78, 5) is 11.5. The fraction of sp³-hybridized carbons (Fsp3) is 0.562. The van der Waals surface area contributed by atoms with Crippen molar-refractivity contribution in [2.45, 2.75) is 56.4 Å². The van der Waals surface area contributed by atoms with Gasteiger partial charge < -0.3 is 10.4 Å². The van der Waals surface area contributed by atoms with Crippen molar-refractivity contribution < 1.29 is 18.3 Å². The zero-order valence-electron chi connectivity index (χ0n) is 13.3. The van der Waals surface area contributed by atoms with Crippen molar-refractivity contribution in [1.29, 1.82) is 0 Å². The van der Waals surface area contributed by atoms with E-state index in [1.807, 2.05) is 6.92 Å². The monoisotopic (exact) mass is 340 g/mol. The largest absolute Gasteiger partial charge is 0.478 e. The lowest BCUT2D eigenvalue weighted by atomic mass is 10.1. The second-order valence-electron chi connectivity index (χ2n) is 5.89. The minimum absolute atomic E-state index is 0.00438. The van der Waals surface area contributed by atoms with E-state index in [-0.39, 0.29) is 16.5 Å². The van der Waals surface area contributed by atoms with Gasteiger partial charge in [-0.25, -0.2) is 17.9 Å². The van der Waals surface area contributed by atoms with Crippen LogP contribution in [-0.2, 0) is 10.0 Å². The Morgan fingerprint density at radius 3 is 2.61 bits per heavy atom. The summed E-state index contributed by atoms with van der Waals surface area (Å²) in [6.45, 7) is 2.32. The number of benzene rings is 1. The molecule has 6 nitrogen and oxygen atoms in total. The van der Waals surface area contributed by atoms with Gasteiger partial charge in [-0.15, -0.1) is 0 Å². The van der Waals surface area contributed by atoms with Crippen LogP contribution in [0.5, 0.6) is 0 Å². The molecule has 1 aliphatic carbocycles. The van der Waals surface area contributed by atoms with Crippen LogP contribution in [0.25, 0.3) is 0 Å². The highest BCUT2D eigenvalue weighted by Crippen LogP contribution is 2.26. The molecule has 3 N–H and O–H groups in total. The first kappa shape index (κ1) is 17.7. The van der Waals surface area contributed by atoms with Gasteiger partial charge >= 0.3 is 5.97 Å². The lowest BCUT2D eigenvalue weighted by Crippen LogP contribution is -2.25. The average molecular weight is 340 g/mol. The summed E-state index contributed by atoms with van der Waals surface area (Å²) in [5.74, 6) is -1.13. The van der Waals surface area contributed by atoms with Crippen LogP contribution in [0, 0.1) is 0 Å². The number of carboxylic acid groups (broad SMARTS) is 1. The molecule has 0 aromatic heterocycles. The van der Waals surface area contributed by atoms with E-state index in [2.05, 4.69) is 10.0 Å². The highest BCUT2D eigenvalue weighted by atomic mass is 32.2. The van der Waals surface area contributed by atoms with Gasteiger partial charge in [0.25, 0.3) is 0 Å². The number of carbonyl (C=O) groups is 1. The van der Waals surface area contributed by atoms with Crippen LogP contribution >= 0.6 is 0 Å². The minimum Gasteiger partial charge on any atom is -0.478 e. The molecule has 0 bridgehead atoms. The summed E-state index contributed by atoms with van der Waals surface area (Å²) in [7, 11) is -3.67. The SMILES string of the molecule is CCCCNS(=O)(=O)c1ccc(NC2CCCC2)c(C(=O)O)c1. The van der Waals surface area contributed by atoms with Crippen molar-refractivity contribution in [2.75, 3.05) is 11.9 Å². The van der Waals surface area contributed by atoms with Crippen LogP contribution in [0.3, 0.4) is 0 Å². The summed E-state index contributed by atoms with van der Waals surface area (Å²) >= 11 is 0. The second kappa shape index (κ2) is 7.79. The molecule has 23 heavy (non-hydrogen) atoms. The maximum Gasteiger partial charge on any atom is 0.337 e. The summed E-state index contributed by atoms with van der Waals surface area (Å²) < 4.78 is 26.9. The van der Waals surface area contributed by atoms with Gasteiger partial charge in [0.05, 0.1) is 10.5 Å². The number of nitrogens with one attached hydrogen (secondary N) is 2. The summed E-state index contributed by atoms with van der Waals surface area (Å²) in [5.41, 5.74) is 0.479. The van der Waals surface area contributed by atoms with Gasteiger partial charge in [-0.2, -0.15) is 0 Å². The van der Waals surface area contributed by atoms with Crippen molar-refractivity contribution in [3.63, 3.8) is 0 Å². The Morgan fingerprint density at radius 1 is 1.30 bits per heavy atom. The molecule has 2 rings (SSSR count). The zero-order chi connectivity index (χ0) is 16.9. The number of sulfonamides is 1. The maximum atomic E-state index is 12.2. The molecule has 0 atom stereocenters. The van der Waals surface area contributed by atoms with Crippen LogP contribution in [0.2, 0.25) is 0 Å². The lowest BCUT2D eigenvalue weighted by molar-refractivity contribution is 0.0697. The highest BCUT2D eigenvalue weighted by Gasteiger charge is 2.21. The number of carboxylic acids is 1. The molecule has 0 heterocycles. The molecule has 7 heteroatoms. The summed E-state index contributed by atoms with van der Waals surface area (Å²) in [6, 6.07) is 4.50. The van der Waals surface area contributed by atoms with Gasteiger partial charge in [0.2, 0.25) is 10.0 Å². The quantitative estimate of drug-likeness (QED) is 0.633. The van der Waals surface area contributed by atoms with Crippen molar-refractivity contribution in [2.24, 2.45) is 0 Å². The van der Waals surface area contributed by atoms with E-state index in [4.69, 9.17) is 0 Å².